The first-order valence-corrected chi connectivity index (χ1v) is 6.97. The highest BCUT2D eigenvalue weighted by Crippen LogP contribution is 2.46. The zero-order valence-electron chi connectivity index (χ0n) is 10.7. The van der Waals surface area contributed by atoms with Crippen LogP contribution in [0.25, 0.3) is 0 Å². The second-order valence-electron chi connectivity index (χ2n) is 5.92. The standard InChI is InChI=1S/C13H22N2OS/c1-8-3-4-10(9(2)7-8)15-12(16)13(5-6-13)11(14)17/h8-10H,3-7H2,1-2H3,(H2,14,17)(H,15,16). The van der Waals surface area contributed by atoms with Gasteiger partial charge in [0, 0.05) is 6.04 Å². The summed E-state index contributed by atoms with van der Waals surface area (Å²) in [6, 6.07) is 0.311. The van der Waals surface area contributed by atoms with E-state index in [0.717, 1.165) is 25.2 Å². The van der Waals surface area contributed by atoms with Crippen molar-refractivity contribution in [2.45, 2.75) is 52.0 Å². The zero-order valence-corrected chi connectivity index (χ0v) is 11.5. The normalized spacial score (nSPS) is 35.1. The van der Waals surface area contributed by atoms with E-state index < -0.39 is 5.41 Å². The number of rotatable bonds is 3. The monoisotopic (exact) mass is 254 g/mol. The molecule has 4 heteroatoms. The zero-order chi connectivity index (χ0) is 12.6. The molecule has 0 aromatic rings. The predicted octanol–water partition coefficient (Wildman–Crippen LogP) is 1.99. The van der Waals surface area contributed by atoms with Crippen molar-refractivity contribution < 1.29 is 4.79 Å². The fraction of sp³-hybridized carbons (Fsp3) is 0.846. The van der Waals surface area contributed by atoms with Gasteiger partial charge in [-0.1, -0.05) is 26.1 Å². The average molecular weight is 254 g/mol. The molecular formula is C13H22N2OS. The minimum Gasteiger partial charge on any atom is -0.392 e. The number of amides is 1. The molecule has 0 radical (unpaired) electrons. The molecule has 0 aromatic heterocycles. The Hall–Kier alpha value is -0.640. The van der Waals surface area contributed by atoms with Gasteiger partial charge in [0.05, 0.1) is 10.4 Å². The lowest BCUT2D eigenvalue weighted by Gasteiger charge is -2.34. The van der Waals surface area contributed by atoms with Crippen LogP contribution in [0.5, 0.6) is 0 Å². The highest BCUT2D eigenvalue weighted by Gasteiger charge is 2.53. The van der Waals surface area contributed by atoms with Crippen LogP contribution < -0.4 is 11.1 Å². The van der Waals surface area contributed by atoms with Crippen molar-refractivity contribution in [1.82, 2.24) is 5.32 Å². The smallest absolute Gasteiger partial charge is 0.233 e. The van der Waals surface area contributed by atoms with E-state index in [-0.39, 0.29) is 5.91 Å². The fourth-order valence-corrected chi connectivity index (χ4v) is 3.19. The van der Waals surface area contributed by atoms with Crippen molar-refractivity contribution in [3.8, 4) is 0 Å². The SMILES string of the molecule is CC1CCC(NC(=O)C2(C(N)=S)CC2)C(C)C1. The van der Waals surface area contributed by atoms with Gasteiger partial charge in [-0.2, -0.15) is 0 Å². The van der Waals surface area contributed by atoms with E-state index in [9.17, 15) is 4.79 Å². The Kier molecular flexibility index (Phi) is 3.43. The molecule has 0 aromatic carbocycles. The maximum absolute atomic E-state index is 12.2. The Labute approximate surface area is 109 Å². The van der Waals surface area contributed by atoms with Crippen molar-refractivity contribution in [2.24, 2.45) is 23.0 Å². The van der Waals surface area contributed by atoms with Crippen LogP contribution in [0.1, 0.15) is 46.0 Å². The van der Waals surface area contributed by atoms with E-state index in [4.69, 9.17) is 18.0 Å². The van der Waals surface area contributed by atoms with Gasteiger partial charge in [-0.25, -0.2) is 0 Å². The molecule has 3 N–H and O–H groups in total. The Morgan fingerprint density at radius 1 is 1.35 bits per heavy atom. The van der Waals surface area contributed by atoms with Crippen molar-refractivity contribution in [1.29, 1.82) is 0 Å². The van der Waals surface area contributed by atoms with Crippen LogP contribution in [-0.4, -0.2) is 16.9 Å². The molecule has 2 saturated carbocycles. The number of thiocarbonyl (C=S) groups is 1. The lowest BCUT2D eigenvalue weighted by Crippen LogP contribution is -2.48. The van der Waals surface area contributed by atoms with Gasteiger partial charge in [0.2, 0.25) is 5.91 Å². The second-order valence-corrected chi connectivity index (χ2v) is 6.36. The molecular weight excluding hydrogens is 232 g/mol. The van der Waals surface area contributed by atoms with Crippen LogP contribution in [0.2, 0.25) is 0 Å². The van der Waals surface area contributed by atoms with Crippen LogP contribution in [-0.2, 0) is 4.79 Å². The lowest BCUT2D eigenvalue weighted by molar-refractivity contribution is -0.125. The molecule has 2 fully saturated rings. The lowest BCUT2D eigenvalue weighted by atomic mass is 9.79. The third-order valence-corrected chi connectivity index (χ3v) is 4.80. The Morgan fingerprint density at radius 3 is 2.47 bits per heavy atom. The highest BCUT2D eigenvalue weighted by atomic mass is 32.1. The first-order chi connectivity index (χ1) is 7.95. The van der Waals surface area contributed by atoms with Gasteiger partial charge in [0.15, 0.2) is 0 Å². The first kappa shape index (κ1) is 12.8. The summed E-state index contributed by atoms with van der Waals surface area (Å²) in [4.78, 5) is 12.6. The van der Waals surface area contributed by atoms with Gasteiger partial charge >= 0.3 is 0 Å². The Bertz CT molecular complexity index is 338. The minimum atomic E-state index is -0.502. The van der Waals surface area contributed by atoms with E-state index in [2.05, 4.69) is 19.2 Å². The predicted molar refractivity (Wildman–Crippen MR) is 72.6 cm³/mol. The molecule has 17 heavy (non-hydrogen) atoms. The van der Waals surface area contributed by atoms with E-state index in [1.165, 1.54) is 12.8 Å². The van der Waals surface area contributed by atoms with E-state index in [1.54, 1.807) is 0 Å². The van der Waals surface area contributed by atoms with Crippen molar-refractivity contribution in [3.63, 3.8) is 0 Å². The summed E-state index contributed by atoms with van der Waals surface area (Å²) in [7, 11) is 0. The Balaban J connectivity index is 1.93. The van der Waals surface area contributed by atoms with Crippen molar-refractivity contribution in [2.75, 3.05) is 0 Å². The topological polar surface area (TPSA) is 55.1 Å². The summed E-state index contributed by atoms with van der Waals surface area (Å²) >= 11 is 5.00. The van der Waals surface area contributed by atoms with Gasteiger partial charge in [-0.05, 0) is 43.9 Å². The van der Waals surface area contributed by atoms with Crippen LogP contribution in [0, 0.1) is 17.3 Å². The first-order valence-electron chi connectivity index (χ1n) is 6.56. The summed E-state index contributed by atoms with van der Waals surface area (Å²) in [5.74, 6) is 1.41. The number of hydrogen-bond donors (Lipinski definition) is 2. The molecule has 2 rings (SSSR count). The molecule has 3 unspecified atom stereocenters. The summed E-state index contributed by atoms with van der Waals surface area (Å²) in [5, 5.41) is 3.17. The highest BCUT2D eigenvalue weighted by molar-refractivity contribution is 7.80. The Morgan fingerprint density at radius 2 is 2.00 bits per heavy atom. The van der Waals surface area contributed by atoms with Crippen molar-refractivity contribution >= 4 is 23.1 Å². The summed E-state index contributed by atoms with van der Waals surface area (Å²) in [6.45, 7) is 4.51. The van der Waals surface area contributed by atoms with Crippen LogP contribution >= 0.6 is 12.2 Å². The summed E-state index contributed by atoms with van der Waals surface area (Å²) < 4.78 is 0. The molecule has 0 heterocycles. The maximum Gasteiger partial charge on any atom is 0.233 e. The third-order valence-electron chi connectivity index (χ3n) is 4.40. The molecule has 2 aliphatic rings. The quantitative estimate of drug-likeness (QED) is 0.757. The van der Waals surface area contributed by atoms with Gasteiger partial charge in [-0.15, -0.1) is 0 Å². The average Bonchev–Trinajstić information content (AvgIpc) is 3.02. The minimum absolute atomic E-state index is 0.0661. The molecule has 0 saturated heterocycles. The summed E-state index contributed by atoms with van der Waals surface area (Å²) in [5.41, 5.74) is 5.16. The molecule has 3 atom stereocenters. The molecule has 3 nitrogen and oxygen atoms in total. The van der Waals surface area contributed by atoms with E-state index in [1.807, 2.05) is 0 Å². The van der Waals surface area contributed by atoms with Crippen LogP contribution in [0.4, 0.5) is 0 Å². The number of carbonyl (C=O) groups excluding carboxylic acids is 1. The number of carbonyl (C=O) groups is 1. The molecule has 0 bridgehead atoms. The van der Waals surface area contributed by atoms with Crippen LogP contribution in [0.15, 0.2) is 0 Å². The van der Waals surface area contributed by atoms with Crippen LogP contribution in [0.3, 0.4) is 0 Å². The number of nitrogens with one attached hydrogen (secondary N) is 1. The van der Waals surface area contributed by atoms with Gasteiger partial charge in [0.25, 0.3) is 0 Å². The molecule has 96 valence electrons. The second kappa shape index (κ2) is 4.56. The number of hydrogen-bond acceptors (Lipinski definition) is 2. The van der Waals surface area contributed by atoms with E-state index in [0.29, 0.717) is 16.9 Å². The van der Waals surface area contributed by atoms with Gasteiger partial charge < -0.3 is 11.1 Å². The third kappa shape index (κ3) is 2.46. The molecule has 0 aliphatic heterocycles. The molecule has 1 amide bonds. The summed E-state index contributed by atoms with van der Waals surface area (Å²) in [6.07, 6.45) is 5.14. The molecule has 2 aliphatic carbocycles. The fourth-order valence-electron chi connectivity index (χ4n) is 2.90. The maximum atomic E-state index is 12.2. The number of nitrogens with two attached hydrogens (primary N) is 1. The molecule has 0 spiro atoms. The van der Waals surface area contributed by atoms with E-state index >= 15 is 0 Å². The largest absolute Gasteiger partial charge is 0.392 e. The van der Waals surface area contributed by atoms with Gasteiger partial charge in [-0.3, -0.25) is 4.79 Å². The van der Waals surface area contributed by atoms with Gasteiger partial charge in [0.1, 0.15) is 0 Å². The van der Waals surface area contributed by atoms with Crippen molar-refractivity contribution in [3.05, 3.63) is 0 Å².